The molecule has 160 valence electrons. The van der Waals surface area contributed by atoms with E-state index in [1.165, 1.54) is 0 Å². The number of rotatable bonds is 9. The van der Waals surface area contributed by atoms with Gasteiger partial charge in [-0.3, -0.25) is 14.7 Å². The molecule has 0 radical (unpaired) electrons. The summed E-state index contributed by atoms with van der Waals surface area (Å²) in [6, 6.07) is 13.1. The Morgan fingerprint density at radius 1 is 1.19 bits per heavy atom. The molecular formula is C25H26N2O4. The van der Waals surface area contributed by atoms with Crippen molar-refractivity contribution in [3.8, 4) is 5.75 Å². The van der Waals surface area contributed by atoms with Crippen LogP contribution in [0.25, 0.3) is 0 Å². The summed E-state index contributed by atoms with van der Waals surface area (Å²) in [6.07, 6.45) is 5.69. The monoisotopic (exact) mass is 418 g/mol. The van der Waals surface area contributed by atoms with Crippen LogP contribution in [-0.2, 0) is 11.8 Å². The van der Waals surface area contributed by atoms with Crippen LogP contribution in [0.15, 0.2) is 54.9 Å². The molecule has 0 amide bonds. The van der Waals surface area contributed by atoms with Crippen LogP contribution in [0.3, 0.4) is 0 Å². The number of aromatic nitrogens is 2. The molecule has 1 atom stereocenters. The number of fused-ring (bicyclic) bond motifs is 1. The summed E-state index contributed by atoms with van der Waals surface area (Å²) >= 11 is 0. The van der Waals surface area contributed by atoms with E-state index in [1.807, 2.05) is 36.5 Å². The van der Waals surface area contributed by atoms with E-state index in [-0.39, 0.29) is 24.8 Å². The Morgan fingerprint density at radius 3 is 2.68 bits per heavy atom. The van der Waals surface area contributed by atoms with Crippen molar-refractivity contribution in [2.75, 3.05) is 13.2 Å². The summed E-state index contributed by atoms with van der Waals surface area (Å²) in [5.41, 5.74) is 2.77. The van der Waals surface area contributed by atoms with Gasteiger partial charge in [0.2, 0.25) is 0 Å². The zero-order valence-electron chi connectivity index (χ0n) is 17.6. The summed E-state index contributed by atoms with van der Waals surface area (Å²) < 4.78 is 5.98. The topological polar surface area (TPSA) is 92.3 Å². The maximum atomic E-state index is 13.0. The highest BCUT2D eigenvalue weighted by Gasteiger charge is 2.44. The molecule has 0 saturated heterocycles. The van der Waals surface area contributed by atoms with Crippen LogP contribution in [-0.4, -0.2) is 40.1 Å². The number of aliphatic hydroxyl groups is 1. The average Bonchev–Trinajstić information content (AvgIpc) is 3.46. The fourth-order valence-corrected chi connectivity index (χ4v) is 4.20. The molecular weight excluding hydrogens is 392 g/mol. The number of H-pyrrole nitrogens is 1. The van der Waals surface area contributed by atoms with Gasteiger partial charge >= 0.3 is 0 Å². The van der Waals surface area contributed by atoms with E-state index in [4.69, 9.17) is 4.74 Å². The Labute approximate surface area is 181 Å². The number of nitrogens with zero attached hydrogens (tertiary/aromatic N) is 1. The van der Waals surface area contributed by atoms with E-state index < -0.39 is 5.41 Å². The second kappa shape index (κ2) is 8.86. The van der Waals surface area contributed by atoms with Crippen molar-refractivity contribution in [3.05, 3.63) is 82.7 Å². The maximum absolute atomic E-state index is 13.0. The van der Waals surface area contributed by atoms with Gasteiger partial charge in [-0.1, -0.05) is 37.3 Å². The number of carbonyl (C=O) groups is 2. The fourth-order valence-electron chi connectivity index (χ4n) is 4.20. The average molecular weight is 418 g/mol. The molecule has 2 heterocycles. The van der Waals surface area contributed by atoms with Crippen LogP contribution in [0, 0.1) is 0 Å². The van der Waals surface area contributed by atoms with E-state index in [0.29, 0.717) is 41.7 Å². The van der Waals surface area contributed by atoms with Gasteiger partial charge in [0.25, 0.3) is 0 Å². The van der Waals surface area contributed by atoms with Gasteiger partial charge in [-0.15, -0.1) is 0 Å². The van der Waals surface area contributed by atoms with Crippen molar-refractivity contribution in [3.63, 3.8) is 0 Å². The van der Waals surface area contributed by atoms with E-state index in [1.54, 1.807) is 25.3 Å². The number of carbonyl (C=O) groups excluding carboxylic acids is 2. The van der Waals surface area contributed by atoms with E-state index in [2.05, 4.69) is 10.2 Å². The van der Waals surface area contributed by atoms with E-state index in [9.17, 15) is 14.7 Å². The minimum absolute atomic E-state index is 0.0248. The Kier molecular flexibility index (Phi) is 6.00. The lowest BCUT2D eigenvalue weighted by molar-refractivity contribution is 0.0979. The lowest BCUT2D eigenvalue weighted by Gasteiger charge is -2.26. The molecule has 31 heavy (non-hydrogen) atoms. The van der Waals surface area contributed by atoms with Crippen molar-refractivity contribution < 1.29 is 19.4 Å². The second-order valence-corrected chi connectivity index (χ2v) is 7.96. The van der Waals surface area contributed by atoms with Crippen LogP contribution in [0.1, 0.15) is 63.6 Å². The summed E-state index contributed by atoms with van der Waals surface area (Å²) in [6.45, 7) is 1.84. The first-order valence-corrected chi connectivity index (χ1v) is 10.6. The van der Waals surface area contributed by atoms with Crippen LogP contribution < -0.4 is 4.74 Å². The number of hydrogen-bond acceptors (Lipinski definition) is 5. The number of ketones is 2. The number of aromatic amines is 1. The molecule has 0 fully saturated rings. The lowest BCUT2D eigenvalue weighted by atomic mass is 9.75. The van der Waals surface area contributed by atoms with Gasteiger partial charge in [-0.25, -0.2) is 0 Å². The van der Waals surface area contributed by atoms with Crippen LogP contribution in [0.4, 0.5) is 0 Å². The molecule has 2 N–H and O–H groups in total. The van der Waals surface area contributed by atoms with Crippen LogP contribution in [0.5, 0.6) is 5.75 Å². The molecule has 1 unspecified atom stereocenters. The molecule has 0 saturated carbocycles. The first kappa shape index (κ1) is 21.0. The van der Waals surface area contributed by atoms with Gasteiger partial charge in [0.1, 0.15) is 12.4 Å². The number of aliphatic hydroxyl groups excluding tert-OH is 1. The number of hydrogen-bond donors (Lipinski definition) is 2. The number of nitrogens with one attached hydrogen (secondary N) is 1. The molecule has 0 spiro atoms. The Hall–Kier alpha value is -3.25. The van der Waals surface area contributed by atoms with Crippen molar-refractivity contribution >= 4 is 11.6 Å². The quantitative estimate of drug-likeness (QED) is 0.515. The van der Waals surface area contributed by atoms with E-state index in [0.717, 1.165) is 17.5 Å². The van der Waals surface area contributed by atoms with Crippen molar-refractivity contribution in [1.29, 1.82) is 0 Å². The summed E-state index contributed by atoms with van der Waals surface area (Å²) in [7, 11) is 0. The number of Topliss-reactive ketones (excluding diaryl/α,β-unsaturated/α-hetero) is 2. The molecule has 3 aromatic rings. The third kappa shape index (κ3) is 3.91. The van der Waals surface area contributed by atoms with Crippen LogP contribution >= 0.6 is 0 Å². The highest BCUT2D eigenvalue weighted by Crippen LogP contribution is 2.46. The highest BCUT2D eigenvalue weighted by molar-refractivity contribution is 6.04. The Bertz CT molecular complexity index is 1080. The molecule has 0 bridgehead atoms. The first-order chi connectivity index (χ1) is 15.1. The SMILES string of the molecule is CCC(=O)c1cc(C(=O)CCCc2cn[nH]c2)cc2c1OCC2(CO)c1ccccc1. The molecule has 1 aliphatic heterocycles. The van der Waals surface area contributed by atoms with Crippen molar-refractivity contribution in [2.45, 2.75) is 38.0 Å². The molecule has 1 aromatic heterocycles. The first-order valence-electron chi connectivity index (χ1n) is 10.6. The minimum atomic E-state index is -0.799. The molecule has 0 aliphatic carbocycles. The number of ether oxygens (including phenoxy) is 1. The maximum Gasteiger partial charge on any atom is 0.166 e. The minimum Gasteiger partial charge on any atom is -0.491 e. The predicted octanol–water partition coefficient (Wildman–Crippen LogP) is 3.88. The molecule has 4 rings (SSSR count). The molecule has 6 heteroatoms. The van der Waals surface area contributed by atoms with Crippen molar-refractivity contribution in [2.24, 2.45) is 0 Å². The normalized spacial score (nSPS) is 17.2. The number of benzene rings is 2. The van der Waals surface area contributed by atoms with Gasteiger partial charge in [0.05, 0.1) is 23.8 Å². The third-order valence-corrected chi connectivity index (χ3v) is 6.03. The molecule has 6 nitrogen and oxygen atoms in total. The van der Waals surface area contributed by atoms with Gasteiger partial charge < -0.3 is 9.84 Å². The van der Waals surface area contributed by atoms with Gasteiger partial charge in [-0.05, 0) is 36.1 Å². The van der Waals surface area contributed by atoms with Gasteiger partial charge in [0, 0.05) is 30.2 Å². The lowest BCUT2D eigenvalue weighted by Crippen LogP contribution is -2.33. The Morgan fingerprint density at radius 2 is 2.00 bits per heavy atom. The van der Waals surface area contributed by atoms with Gasteiger partial charge in [-0.2, -0.15) is 5.10 Å². The smallest absolute Gasteiger partial charge is 0.166 e. The largest absolute Gasteiger partial charge is 0.491 e. The van der Waals surface area contributed by atoms with E-state index >= 15 is 0 Å². The standard InChI is InChI=1S/C25H26N2O4/c1-2-22(29)20-11-18(23(30)10-6-7-17-13-26-27-14-17)12-21-24(20)31-16-25(21,15-28)19-8-4-3-5-9-19/h3-5,8-9,11-14,28H,2,6-7,10,15-16H2,1H3,(H,26,27). The summed E-state index contributed by atoms with van der Waals surface area (Å²) in [5, 5.41) is 17.1. The van der Waals surface area contributed by atoms with Crippen LogP contribution in [0.2, 0.25) is 0 Å². The third-order valence-electron chi connectivity index (χ3n) is 6.03. The van der Waals surface area contributed by atoms with Gasteiger partial charge in [0.15, 0.2) is 11.6 Å². The zero-order valence-corrected chi connectivity index (χ0v) is 17.6. The Balaban J connectivity index is 1.71. The summed E-state index contributed by atoms with van der Waals surface area (Å²) in [5.74, 6) is 0.383. The fraction of sp³-hybridized carbons (Fsp3) is 0.320. The zero-order chi connectivity index (χ0) is 21.8. The predicted molar refractivity (Wildman–Crippen MR) is 117 cm³/mol. The number of aryl methyl sites for hydroxylation is 1. The van der Waals surface area contributed by atoms with Crippen molar-refractivity contribution in [1.82, 2.24) is 10.2 Å². The molecule has 1 aliphatic rings. The second-order valence-electron chi connectivity index (χ2n) is 7.96. The molecule has 2 aromatic carbocycles. The highest BCUT2D eigenvalue weighted by atomic mass is 16.5. The summed E-state index contributed by atoms with van der Waals surface area (Å²) in [4.78, 5) is 25.7.